The Hall–Kier alpha value is -1.73. The van der Waals surface area contributed by atoms with Crippen LogP contribution in [0.25, 0.3) is 0 Å². The number of aliphatic hydroxyl groups excluding tert-OH is 1. The lowest BCUT2D eigenvalue weighted by Crippen LogP contribution is -2.45. The summed E-state index contributed by atoms with van der Waals surface area (Å²) < 4.78 is 31.3. The van der Waals surface area contributed by atoms with Crippen LogP contribution in [0.4, 0.5) is 13.6 Å². The zero-order valence-corrected chi connectivity index (χ0v) is 12.4. The molecule has 1 saturated heterocycles. The monoisotopic (exact) mass is 314 g/mol. The van der Waals surface area contributed by atoms with E-state index in [0.29, 0.717) is 24.9 Å². The van der Waals surface area contributed by atoms with E-state index in [1.54, 1.807) is 7.11 Å². The predicted molar refractivity (Wildman–Crippen MR) is 76.5 cm³/mol. The number of urea groups is 1. The second kappa shape index (κ2) is 7.51. The number of halogens is 2. The molecule has 0 radical (unpaired) electrons. The number of likely N-dealkylation sites (tertiary alicyclic amines) is 1. The molecule has 1 aromatic carbocycles. The highest BCUT2D eigenvalue weighted by molar-refractivity contribution is 5.75. The van der Waals surface area contributed by atoms with Gasteiger partial charge in [0.05, 0.1) is 18.8 Å². The van der Waals surface area contributed by atoms with Crippen molar-refractivity contribution in [2.75, 3.05) is 26.8 Å². The molecule has 1 fully saturated rings. The number of methoxy groups -OCH3 is 1. The highest BCUT2D eigenvalue weighted by atomic mass is 19.1. The van der Waals surface area contributed by atoms with E-state index >= 15 is 0 Å². The first-order valence-electron chi connectivity index (χ1n) is 7.16. The fourth-order valence-corrected chi connectivity index (χ4v) is 2.64. The van der Waals surface area contributed by atoms with Crippen molar-refractivity contribution < 1.29 is 23.4 Å². The summed E-state index contributed by atoms with van der Waals surface area (Å²) in [5.41, 5.74) is 0.479. The molecule has 1 aliphatic rings. The number of carbonyl (C=O) groups excluding carboxylic acids is 1. The molecule has 2 amide bonds. The van der Waals surface area contributed by atoms with Crippen molar-refractivity contribution in [3.63, 3.8) is 0 Å². The average Bonchev–Trinajstić information content (AvgIpc) is 2.89. The number of aliphatic hydroxyl groups is 1. The van der Waals surface area contributed by atoms with Crippen LogP contribution in [0.2, 0.25) is 0 Å². The van der Waals surface area contributed by atoms with E-state index in [9.17, 15) is 18.7 Å². The van der Waals surface area contributed by atoms with Crippen LogP contribution >= 0.6 is 0 Å². The lowest BCUT2D eigenvalue weighted by molar-refractivity contribution is 0.110. The van der Waals surface area contributed by atoms with Crippen molar-refractivity contribution in [3.05, 3.63) is 35.4 Å². The minimum Gasteiger partial charge on any atom is -0.394 e. The van der Waals surface area contributed by atoms with Gasteiger partial charge in [-0.1, -0.05) is 0 Å². The Balaban J connectivity index is 1.84. The van der Waals surface area contributed by atoms with Crippen LogP contribution in [0, 0.1) is 11.6 Å². The first-order chi connectivity index (χ1) is 10.5. The van der Waals surface area contributed by atoms with Gasteiger partial charge in [0, 0.05) is 26.3 Å². The third-order valence-corrected chi connectivity index (χ3v) is 3.79. The van der Waals surface area contributed by atoms with E-state index in [1.165, 1.54) is 17.0 Å². The first-order valence-corrected chi connectivity index (χ1v) is 7.16. The first kappa shape index (κ1) is 16.6. The summed E-state index contributed by atoms with van der Waals surface area (Å²) in [7, 11) is 1.57. The molecule has 7 heteroatoms. The largest absolute Gasteiger partial charge is 0.394 e. The topological polar surface area (TPSA) is 61.8 Å². The normalized spacial score (nSPS) is 21.2. The maximum absolute atomic E-state index is 13.1. The highest BCUT2D eigenvalue weighted by Crippen LogP contribution is 2.19. The standard InChI is InChI=1S/C15H20F2N2O3/c1-22-14-7-13(9-20)19(8-14)15(21)18-3-2-10-4-11(16)6-12(17)5-10/h4-6,13-14,20H,2-3,7-9H2,1H3,(H,18,21)/t13-,14+/m0/s1. The lowest BCUT2D eigenvalue weighted by atomic mass is 10.1. The second-order valence-electron chi connectivity index (χ2n) is 5.34. The Morgan fingerprint density at radius 3 is 2.68 bits per heavy atom. The van der Waals surface area contributed by atoms with E-state index in [4.69, 9.17) is 4.74 Å². The summed E-state index contributed by atoms with van der Waals surface area (Å²) in [5, 5.41) is 12.0. The molecule has 0 aliphatic carbocycles. The number of amides is 2. The molecule has 0 aromatic heterocycles. The maximum Gasteiger partial charge on any atom is 0.317 e. The Bertz CT molecular complexity index is 507. The second-order valence-corrected chi connectivity index (χ2v) is 5.34. The van der Waals surface area contributed by atoms with Crippen LogP contribution < -0.4 is 5.32 Å². The molecule has 1 heterocycles. The quantitative estimate of drug-likeness (QED) is 0.861. The molecule has 1 aromatic rings. The number of benzene rings is 1. The smallest absolute Gasteiger partial charge is 0.317 e. The van der Waals surface area contributed by atoms with Crippen LogP contribution in [-0.2, 0) is 11.2 Å². The number of nitrogens with one attached hydrogen (secondary N) is 1. The molecule has 0 unspecified atom stereocenters. The third kappa shape index (κ3) is 4.14. The average molecular weight is 314 g/mol. The summed E-state index contributed by atoms with van der Waals surface area (Å²) >= 11 is 0. The molecule has 2 atom stereocenters. The van der Waals surface area contributed by atoms with Gasteiger partial charge >= 0.3 is 6.03 Å². The van der Waals surface area contributed by atoms with E-state index in [0.717, 1.165) is 6.07 Å². The van der Waals surface area contributed by atoms with Crippen LogP contribution in [0.3, 0.4) is 0 Å². The van der Waals surface area contributed by atoms with Gasteiger partial charge in [-0.2, -0.15) is 0 Å². The summed E-state index contributed by atoms with van der Waals surface area (Å²) in [6, 6.07) is 2.71. The number of hydrogen-bond donors (Lipinski definition) is 2. The van der Waals surface area contributed by atoms with Crippen molar-refractivity contribution in [2.24, 2.45) is 0 Å². The molecule has 0 saturated carbocycles. The van der Waals surface area contributed by atoms with E-state index in [2.05, 4.69) is 5.32 Å². The van der Waals surface area contributed by atoms with Crippen LogP contribution in [0.1, 0.15) is 12.0 Å². The fraction of sp³-hybridized carbons (Fsp3) is 0.533. The lowest BCUT2D eigenvalue weighted by Gasteiger charge is -2.23. The number of hydrogen-bond acceptors (Lipinski definition) is 3. The van der Waals surface area contributed by atoms with Crippen molar-refractivity contribution in [1.82, 2.24) is 10.2 Å². The number of nitrogens with zero attached hydrogens (tertiary/aromatic N) is 1. The molecule has 0 bridgehead atoms. The fourth-order valence-electron chi connectivity index (χ4n) is 2.64. The van der Waals surface area contributed by atoms with Gasteiger partial charge in [0.1, 0.15) is 11.6 Å². The van der Waals surface area contributed by atoms with Gasteiger partial charge in [-0.3, -0.25) is 0 Å². The molecule has 122 valence electrons. The third-order valence-electron chi connectivity index (χ3n) is 3.79. The predicted octanol–water partition coefficient (Wildman–Crippen LogP) is 1.30. The van der Waals surface area contributed by atoms with E-state index in [1.807, 2.05) is 0 Å². The van der Waals surface area contributed by atoms with Crippen LogP contribution in [-0.4, -0.2) is 55.0 Å². The molecular weight excluding hydrogens is 294 g/mol. The van der Waals surface area contributed by atoms with E-state index < -0.39 is 11.6 Å². The van der Waals surface area contributed by atoms with Gasteiger partial charge in [0.15, 0.2) is 0 Å². The molecule has 2 N–H and O–H groups in total. The van der Waals surface area contributed by atoms with Gasteiger partial charge in [-0.05, 0) is 30.5 Å². The maximum atomic E-state index is 13.1. The van der Waals surface area contributed by atoms with Crippen LogP contribution in [0.5, 0.6) is 0 Å². The van der Waals surface area contributed by atoms with Crippen molar-refractivity contribution >= 4 is 6.03 Å². The molecule has 1 aliphatic heterocycles. The van der Waals surface area contributed by atoms with Crippen molar-refractivity contribution in [3.8, 4) is 0 Å². The van der Waals surface area contributed by atoms with Gasteiger partial charge < -0.3 is 20.1 Å². The van der Waals surface area contributed by atoms with Crippen LogP contribution in [0.15, 0.2) is 18.2 Å². The number of carbonyl (C=O) groups is 1. The molecule has 22 heavy (non-hydrogen) atoms. The molecule has 0 spiro atoms. The molecule has 2 rings (SSSR count). The van der Waals surface area contributed by atoms with Crippen molar-refractivity contribution in [2.45, 2.75) is 25.0 Å². The zero-order valence-electron chi connectivity index (χ0n) is 12.4. The molecular formula is C15H20F2N2O3. The summed E-state index contributed by atoms with van der Waals surface area (Å²) in [5.74, 6) is -1.27. The Kier molecular flexibility index (Phi) is 5.68. The number of ether oxygens (including phenoxy) is 1. The van der Waals surface area contributed by atoms with E-state index in [-0.39, 0.29) is 31.3 Å². The van der Waals surface area contributed by atoms with Gasteiger partial charge in [-0.15, -0.1) is 0 Å². The highest BCUT2D eigenvalue weighted by Gasteiger charge is 2.34. The molecule has 5 nitrogen and oxygen atoms in total. The Labute approximate surface area is 127 Å². The van der Waals surface area contributed by atoms with Gasteiger partial charge in [0.25, 0.3) is 0 Å². The SMILES string of the molecule is CO[C@@H]1C[C@@H](CO)N(C(=O)NCCc2cc(F)cc(F)c2)C1. The zero-order chi connectivity index (χ0) is 16.1. The summed E-state index contributed by atoms with van der Waals surface area (Å²) in [4.78, 5) is 13.6. The number of rotatable bonds is 5. The Morgan fingerprint density at radius 1 is 1.41 bits per heavy atom. The van der Waals surface area contributed by atoms with Gasteiger partial charge in [-0.25, -0.2) is 13.6 Å². The van der Waals surface area contributed by atoms with Gasteiger partial charge in [0.2, 0.25) is 0 Å². The minimum absolute atomic E-state index is 0.0831. The van der Waals surface area contributed by atoms with Crippen molar-refractivity contribution in [1.29, 1.82) is 0 Å². The minimum atomic E-state index is -0.635. The Morgan fingerprint density at radius 2 is 2.09 bits per heavy atom. The summed E-state index contributed by atoms with van der Waals surface area (Å²) in [6.45, 7) is 0.554. The summed E-state index contributed by atoms with van der Waals surface area (Å²) in [6.07, 6.45) is 0.835.